The van der Waals surface area contributed by atoms with E-state index < -0.39 is 0 Å². The van der Waals surface area contributed by atoms with E-state index in [9.17, 15) is 4.79 Å². The third-order valence-electron chi connectivity index (χ3n) is 5.88. The number of nitrogens with zero attached hydrogens (tertiary/aromatic N) is 3. The van der Waals surface area contributed by atoms with Gasteiger partial charge in [-0.25, -0.2) is 9.67 Å². The van der Waals surface area contributed by atoms with Crippen LogP contribution in [0.4, 0.5) is 0 Å². The number of carbonyl (C=O) groups excluding carboxylic acids is 1. The molecule has 1 atom stereocenters. The van der Waals surface area contributed by atoms with Gasteiger partial charge in [-0.1, -0.05) is 103 Å². The van der Waals surface area contributed by atoms with Gasteiger partial charge in [0.2, 0.25) is 5.82 Å². The van der Waals surface area contributed by atoms with Gasteiger partial charge in [0.05, 0.1) is 11.7 Å². The monoisotopic (exact) mass is 458 g/mol. The third kappa shape index (κ3) is 5.20. The summed E-state index contributed by atoms with van der Waals surface area (Å²) >= 11 is 0. The second kappa shape index (κ2) is 10.2. The van der Waals surface area contributed by atoms with Crippen LogP contribution in [-0.2, 0) is 6.42 Å². The molecule has 5 nitrogen and oxygen atoms in total. The lowest BCUT2D eigenvalue weighted by molar-refractivity contribution is 0.0926. The molecular weight excluding hydrogens is 432 g/mol. The molecule has 1 amide bonds. The Morgan fingerprint density at radius 3 is 2.17 bits per heavy atom. The number of rotatable bonds is 7. The van der Waals surface area contributed by atoms with E-state index in [1.165, 1.54) is 0 Å². The highest BCUT2D eigenvalue weighted by molar-refractivity contribution is 5.91. The van der Waals surface area contributed by atoms with Gasteiger partial charge in [-0.15, -0.1) is 5.10 Å². The highest BCUT2D eigenvalue weighted by Gasteiger charge is 2.22. The van der Waals surface area contributed by atoms with Crippen molar-refractivity contribution in [3.05, 3.63) is 138 Å². The number of carbonyl (C=O) groups is 1. The largest absolute Gasteiger partial charge is 0.342 e. The summed E-state index contributed by atoms with van der Waals surface area (Å²) in [6.45, 7) is 2.03. The first-order chi connectivity index (χ1) is 17.2. The summed E-state index contributed by atoms with van der Waals surface area (Å²) in [7, 11) is 0. The minimum atomic E-state index is -0.307. The molecule has 0 spiro atoms. The van der Waals surface area contributed by atoms with E-state index in [4.69, 9.17) is 0 Å². The first-order valence-electron chi connectivity index (χ1n) is 11.7. The molecule has 0 bridgehead atoms. The van der Waals surface area contributed by atoms with Crippen molar-refractivity contribution >= 4 is 5.91 Å². The minimum Gasteiger partial charge on any atom is -0.342 e. The Morgan fingerprint density at radius 1 is 0.829 bits per heavy atom. The molecule has 0 aliphatic heterocycles. The maximum atomic E-state index is 13.5. The van der Waals surface area contributed by atoms with E-state index in [1.54, 1.807) is 4.68 Å². The molecule has 0 fully saturated rings. The van der Waals surface area contributed by atoms with Crippen LogP contribution in [0, 0.1) is 6.92 Å². The van der Waals surface area contributed by atoms with Crippen LogP contribution >= 0.6 is 0 Å². The van der Waals surface area contributed by atoms with E-state index >= 15 is 0 Å². The zero-order chi connectivity index (χ0) is 24.0. The van der Waals surface area contributed by atoms with Gasteiger partial charge in [0.25, 0.3) is 5.91 Å². The van der Waals surface area contributed by atoms with Gasteiger partial charge in [0.1, 0.15) is 0 Å². The van der Waals surface area contributed by atoms with E-state index in [1.807, 2.05) is 110 Å². The highest BCUT2D eigenvalue weighted by atomic mass is 16.2. The second-order valence-electron chi connectivity index (χ2n) is 8.50. The fourth-order valence-electron chi connectivity index (χ4n) is 4.13. The fourth-order valence-corrected chi connectivity index (χ4v) is 4.13. The number of hydrogen-bond acceptors (Lipinski definition) is 3. The zero-order valence-electron chi connectivity index (χ0n) is 19.5. The molecule has 172 valence electrons. The van der Waals surface area contributed by atoms with E-state index in [-0.39, 0.29) is 17.8 Å². The first-order valence-corrected chi connectivity index (χ1v) is 11.7. The van der Waals surface area contributed by atoms with Gasteiger partial charge in [0.15, 0.2) is 5.82 Å². The van der Waals surface area contributed by atoms with Crippen LogP contribution in [0.15, 0.2) is 115 Å². The molecule has 35 heavy (non-hydrogen) atoms. The number of benzene rings is 4. The molecule has 0 aliphatic carbocycles. The molecule has 0 aliphatic rings. The highest BCUT2D eigenvalue weighted by Crippen LogP contribution is 2.23. The number of nitrogens with one attached hydrogen (secondary N) is 1. The summed E-state index contributed by atoms with van der Waals surface area (Å²) in [5.74, 6) is 0.457. The van der Waals surface area contributed by atoms with Crippen molar-refractivity contribution in [2.45, 2.75) is 19.4 Å². The Labute approximate surface area is 205 Å². The van der Waals surface area contributed by atoms with Gasteiger partial charge in [-0.3, -0.25) is 4.79 Å². The molecule has 5 aromatic rings. The molecule has 5 rings (SSSR count). The average Bonchev–Trinajstić information content (AvgIpc) is 3.36. The molecule has 1 aromatic heterocycles. The molecule has 5 heteroatoms. The molecule has 0 radical (unpaired) electrons. The zero-order valence-corrected chi connectivity index (χ0v) is 19.5. The van der Waals surface area contributed by atoms with Crippen molar-refractivity contribution in [2.24, 2.45) is 0 Å². The third-order valence-corrected chi connectivity index (χ3v) is 5.88. The summed E-state index contributed by atoms with van der Waals surface area (Å²) in [6.07, 6.45) is 0.667. The van der Waals surface area contributed by atoms with Crippen LogP contribution in [0.2, 0.25) is 0 Å². The van der Waals surface area contributed by atoms with Gasteiger partial charge in [-0.05, 0) is 42.2 Å². The Morgan fingerprint density at radius 2 is 1.49 bits per heavy atom. The van der Waals surface area contributed by atoms with Crippen LogP contribution in [0.1, 0.15) is 33.4 Å². The number of aryl methyl sites for hydroxylation is 1. The number of amides is 1. The van der Waals surface area contributed by atoms with Crippen LogP contribution in [0.25, 0.3) is 17.1 Å². The summed E-state index contributed by atoms with van der Waals surface area (Å²) < 4.78 is 1.74. The maximum Gasteiger partial charge on any atom is 0.291 e. The van der Waals surface area contributed by atoms with Crippen molar-refractivity contribution in [2.75, 3.05) is 0 Å². The van der Waals surface area contributed by atoms with Crippen LogP contribution in [-0.4, -0.2) is 20.7 Å². The van der Waals surface area contributed by atoms with Crippen molar-refractivity contribution in [1.82, 2.24) is 20.1 Å². The van der Waals surface area contributed by atoms with Crippen LogP contribution < -0.4 is 5.32 Å². The second-order valence-corrected chi connectivity index (χ2v) is 8.50. The number of aromatic nitrogens is 3. The van der Waals surface area contributed by atoms with Crippen molar-refractivity contribution in [3.63, 3.8) is 0 Å². The van der Waals surface area contributed by atoms with Crippen LogP contribution in [0.3, 0.4) is 0 Å². The quantitative estimate of drug-likeness (QED) is 0.328. The molecule has 0 unspecified atom stereocenters. The first kappa shape index (κ1) is 22.3. The van der Waals surface area contributed by atoms with E-state index in [2.05, 4.69) is 27.5 Å². The average molecular weight is 459 g/mol. The number of hydrogen-bond donors (Lipinski definition) is 1. The Kier molecular flexibility index (Phi) is 6.48. The molecular formula is C30H26N4O. The normalized spacial score (nSPS) is 11.7. The summed E-state index contributed by atoms with van der Waals surface area (Å²) in [6, 6.07) is 37.8. The van der Waals surface area contributed by atoms with Crippen molar-refractivity contribution in [3.8, 4) is 17.1 Å². The van der Waals surface area contributed by atoms with Gasteiger partial charge >= 0.3 is 0 Å². The van der Waals surface area contributed by atoms with Gasteiger partial charge < -0.3 is 5.32 Å². The van der Waals surface area contributed by atoms with E-state index in [0.29, 0.717) is 12.2 Å². The molecule has 4 aromatic carbocycles. The Balaban J connectivity index is 1.50. The lowest BCUT2D eigenvalue weighted by Crippen LogP contribution is -2.31. The summed E-state index contributed by atoms with van der Waals surface area (Å²) in [4.78, 5) is 18.1. The minimum absolute atomic E-state index is 0.138. The van der Waals surface area contributed by atoms with Gasteiger partial charge in [0, 0.05) is 5.56 Å². The van der Waals surface area contributed by atoms with Crippen LogP contribution in [0.5, 0.6) is 0 Å². The predicted octanol–water partition coefficient (Wildman–Crippen LogP) is 5.96. The standard InChI is InChI=1S/C30H26N4O/c1-22-12-11-19-26(20-22)34-29(25-17-9-4-10-18-25)32-28(33-34)30(35)31-27(24-15-7-3-8-16-24)21-23-13-5-2-6-14-23/h2-20,27H,21H2,1H3,(H,31,35)/t27-/m1/s1. The Bertz CT molecular complexity index is 1410. The smallest absolute Gasteiger partial charge is 0.291 e. The topological polar surface area (TPSA) is 59.8 Å². The predicted molar refractivity (Wildman–Crippen MR) is 138 cm³/mol. The van der Waals surface area contributed by atoms with Crippen molar-refractivity contribution in [1.29, 1.82) is 0 Å². The van der Waals surface area contributed by atoms with Crippen molar-refractivity contribution < 1.29 is 4.79 Å². The molecule has 0 saturated carbocycles. The molecule has 1 N–H and O–H groups in total. The Hall–Kier alpha value is -4.51. The lowest BCUT2D eigenvalue weighted by atomic mass is 9.99. The lowest BCUT2D eigenvalue weighted by Gasteiger charge is -2.18. The molecule has 0 saturated heterocycles. The molecule has 1 heterocycles. The van der Waals surface area contributed by atoms with E-state index in [0.717, 1.165) is 27.9 Å². The summed E-state index contributed by atoms with van der Waals surface area (Å²) in [5, 5.41) is 7.82. The maximum absolute atomic E-state index is 13.5. The summed E-state index contributed by atoms with van der Waals surface area (Å²) in [5.41, 5.74) is 5.04. The fraction of sp³-hybridized carbons (Fsp3) is 0.100. The SMILES string of the molecule is Cc1cccc(-n2nc(C(=O)N[C@H](Cc3ccccc3)c3ccccc3)nc2-c2ccccc2)c1. The van der Waals surface area contributed by atoms with Gasteiger partial charge in [-0.2, -0.15) is 0 Å².